The van der Waals surface area contributed by atoms with Crippen LogP contribution in [0, 0.1) is 5.92 Å². The SMILES string of the molecule is N/C(=C(/CCl)N(N)c1ccccc1OC(F)(F)F)C1CC1. The molecule has 1 saturated carbocycles. The zero-order valence-corrected chi connectivity index (χ0v) is 11.8. The van der Waals surface area contributed by atoms with E-state index in [2.05, 4.69) is 4.74 Å². The summed E-state index contributed by atoms with van der Waals surface area (Å²) in [5, 5.41) is 1.06. The molecule has 2 rings (SSSR count). The quantitative estimate of drug-likeness (QED) is 0.497. The molecule has 1 aromatic carbocycles. The van der Waals surface area contributed by atoms with Crippen LogP contribution in [0.25, 0.3) is 0 Å². The highest BCUT2D eigenvalue weighted by molar-refractivity contribution is 6.19. The second-order valence-corrected chi connectivity index (χ2v) is 4.96. The number of rotatable bonds is 5. The standard InChI is InChI=1S/C13H15ClF3N3O/c14-7-10(12(18)8-5-6-8)20(19)9-3-1-2-4-11(9)21-13(15,16)17/h1-4,8H,5-7,18-19H2/b12-10-. The van der Waals surface area contributed by atoms with E-state index in [0.29, 0.717) is 11.4 Å². The number of ether oxygens (including phenoxy) is 1. The molecule has 0 radical (unpaired) electrons. The number of hydrogen-bond acceptors (Lipinski definition) is 4. The Morgan fingerprint density at radius 2 is 1.95 bits per heavy atom. The first-order valence-corrected chi connectivity index (χ1v) is 6.81. The number of para-hydroxylation sites is 2. The molecule has 21 heavy (non-hydrogen) atoms. The maximum atomic E-state index is 12.4. The fraction of sp³-hybridized carbons (Fsp3) is 0.385. The Labute approximate surface area is 125 Å². The summed E-state index contributed by atoms with van der Waals surface area (Å²) < 4.78 is 41.2. The summed E-state index contributed by atoms with van der Waals surface area (Å²) in [6.07, 6.45) is -2.94. The van der Waals surface area contributed by atoms with Crippen molar-refractivity contribution in [1.82, 2.24) is 0 Å². The van der Waals surface area contributed by atoms with E-state index in [1.165, 1.54) is 18.2 Å². The molecule has 0 aliphatic heterocycles. The molecule has 1 aromatic rings. The lowest BCUT2D eigenvalue weighted by Crippen LogP contribution is -2.34. The molecular formula is C13H15ClF3N3O. The lowest BCUT2D eigenvalue weighted by Gasteiger charge is -2.25. The van der Waals surface area contributed by atoms with Crippen molar-refractivity contribution in [2.24, 2.45) is 17.5 Å². The highest BCUT2D eigenvalue weighted by Crippen LogP contribution is 2.38. The van der Waals surface area contributed by atoms with Gasteiger partial charge >= 0.3 is 6.36 Å². The third kappa shape index (κ3) is 3.95. The van der Waals surface area contributed by atoms with Crippen molar-refractivity contribution >= 4 is 17.3 Å². The van der Waals surface area contributed by atoms with Crippen LogP contribution in [0.3, 0.4) is 0 Å². The monoisotopic (exact) mass is 321 g/mol. The zero-order chi connectivity index (χ0) is 15.6. The van der Waals surface area contributed by atoms with Gasteiger partial charge in [-0.15, -0.1) is 24.8 Å². The van der Waals surface area contributed by atoms with E-state index in [1.807, 2.05) is 0 Å². The summed E-state index contributed by atoms with van der Waals surface area (Å²) in [6.45, 7) is 0. The van der Waals surface area contributed by atoms with Crippen LogP contribution in [-0.2, 0) is 0 Å². The molecule has 4 N–H and O–H groups in total. The van der Waals surface area contributed by atoms with Crippen LogP contribution in [0.15, 0.2) is 35.7 Å². The molecule has 0 bridgehead atoms. The van der Waals surface area contributed by atoms with E-state index in [4.69, 9.17) is 23.2 Å². The Kier molecular flexibility index (Phi) is 4.53. The van der Waals surface area contributed by atoms with Crippen LogP contribution in [0.4, 0.5) is 18.9 Å². The van der Waals surface area contributed by atoms with E-state index in [9.17, 15) is 13.2 Å². The molecule has 0 saturated heterocycles. The third-order valence-corrected chi connectivity index (χ3v) is 3.37. The lowest BCUT2D eigenvalue weighted by molar-refractivity contribution is -0.274. The number of alkyl halides is 4. The maximum Gasteiger partial charge on any atom is 0.573 e. The van der Waals surface area contributed by atoms with Crippen LogP contribution in [0.2, 0.25) is 0 Å². The van der Waals surface area contributed by atoms with Gasteiger partial charge in [0, 0.05) is 11.6 Å². The molecule has 1 aliphatic carbocycles. The van der Waals surface area contributed by atoms with Gasteiger partial charge in [-0.05, 0) is 25.0 Å². The fourth-order valence-electron chi connectivity index (χ4n) is 1.92. The number of allylic oxidation sites excluding steroid dienone is 2. The number of nitrogens with two attached hydrogens (primary N) is 2. The Balaban J connectivity index is 2.34. The van der Waals surface area contributed by atoms with Crippen molar-refractivity contribution in [2.75, 3.05) is 10.9 Å². The van der Waals surface area contributed by atoms with Gasteiger partial charge in [0.1, 0.15) is 0 Å². The summed E-state index contributed by atoms with van der Waals surface area (Å²) in [6, 6.07) is 5.57. The Morgan fingerprint density at radius 1 is 1.33 bits per heavy atom. The van der Waals surface area contributed by atoms with Gasteiger partial charge in [0.05, 0.1) is 17.3 Å². The molecule has 8 heteroatoms. The normalized spacial score (nSPS) is 16.4. The number of benzene rings is 1. The van der Waals surface area contributed by atoms with Crippen molar-refractivity contribution < 1.29 is 17.9 Å². The minimum Gasteiger partial charge on any atom is -0.403 e. The number of anilines is 1. The number of hydrogen-bond donors (Lipinski definition) is 2. The molecule has 1 aliphatic rings. The highest BCUT2D eigenvalue weighted by Gasteiger charge is 2.33. The average Bonchev–Trinajstić information content (AvgIpc) is 3.22. The van der Waals surface area contributed by atoms with Gasteiger partial charge in [-0.3, -0.25) is 5.01 Å². The largest absolute Gasteiger partial charge is 0.573 e. The molecule has 116 valence electrons. The molecule has 0 unspecified atom stereocenters. The molecule has 0 heterocycles. The fourth-order valence-corrected chi connectivity index (χ4v) is 2.21. The molecule has 0 spiro atoms. The Morgan fingerprint density at radius 3 is 2.48 bits per heavy atom. The van der Waals surface area contributed by atoms with Crippen molar-refractivity contribution in [3.8, 4) is 5.75 Å². The first kappa shape index (κ1) is 15.8. The van der Waals surface area contributed by atoms with E-state index < -0.39 is 12.1 Å². The molecule has 0 aromatic heterocycles. The van der Waals surface area contributed by atoms with Gasteiger partial charge in [-0.2, -0.15) is 0 Å². The Hall–Kier alpha value is -1.60. The number of halogens is 4. The molecule has 1 fully saturated rings. The van der Waals surface area contributed by atoms with Crippen LogP contribution in [-0.4, -0.2) is 12.2 Å². The molecule has 4 nitrogen and oxygen atoms in total. The highest BCUT2D eigenvalue weighted by atomic mass is 35.5. The summed E-state index contributed by atoms with van der Waals surface area (Å²) in [5.41, 5.74) is 6.90. The Bertz CT molecular complexity index is 544. The predicted molar refractivity (Wildman–Crippen MR) is 74.4 cm³/mol. The van der Waals surface area contributed by atoms with Crippen LogP contribution >= 0.6 is 11.6 Å². The van der Waals surface area contributed by atoms with Crippen LogP contribution in [0.5, 0.6) is 5.75 Å². The summed E-state index contributed by atoms with van der Waals surface area (Å²) in [5.74, 6) is 5.69. The first-order valence-electron chi connectivity index (χ1n) is 6.27. The van der Waals surface area contributed by atoms with E-state index in [0.717, 1.165) is 17.9 Å². The second kappa shape index (κ2) is 6.03. The third-order valence-electron chi connectivity index (χ3n) is 3.12. The van der Waals surface area contributed by atoms with Crippen molar-refractivity contribution in [1.29, 1.82) is 0 Å². The summed E-state index contributed by atoms with van der Waals surface area (Å²) >= 11 is 5.84. The van der Waals surface area contributed by atoms with Gasteiger partial charge in [-0.1, -0.05) is 12.1 Å². The van der Waals surface area contributed by atoms with Gasteiger partial charge in [0.15, 0.2) is 5.75 Å². The van der Waals surface area contributed by atoms with Gasteiger partial charge in [0.25, 0.3) is 0 Å². The predicted octanol–water partition coefficient (Wildman–Crippen LogP) is 3.08. The van der Waals surface area contributed by atoms with Crippen LogP contribution < -0.4 is 21.3 Å². The minimum atomic E-state index is -4.80. The van der Waals surface area contributed by atoms with Crippen LogP contribution in [0.1, 0.15) is 12.8 Å². The smallest absolute Gasteiger partial charge is 0.403 e. The van der Waals surface area contributed by atoms with Crippen molar-refractivity contribution in [3.63, 3.8) is 0 Å². The topological polar surface area (TPSA) is 64.5 Å². The van der Waals surface area contributed by atoms with E-state index in [1.54, 1.807) is 6.07 Å². The minimum absolute atomic E-state index is 0.000808. The average molecular weight is 322 g/mol. The van der Waals surface area contributed by atoms with Gasteiger partial charge in [0.2, 0.25) is 0 Å². The van der Waals surface area contributed by atoms with Gasteiger partial charge < -0.3 is 10.5 Å². The molecule has 0 amide bonds. The number of hydrazine groups is 1. The zero-order valence-electron chi connectivity index (χ0n) is 11.0. The maximum absolute atomic E-state index is 12.4. The molecular weight excluding hydrogens is 307 g/mol. The molecule has 0 atom stereocenters. The van der Waals surface area contributed by atoms with Crippen molar-refractivity contribution in [2.45, 2.75) is 19.2 Å². The van der Waals surface area contributed by atoms with E-state index in [-0.39, 0.29) is 17.5 Å². The summed E-state index contributed by atoms with van der Waals surface area (Å²) in [7, 11) is 0. The first-order chi connectivity index (χ1) is 9.83. The number of nitrogens with zero attached hydrogens (tertiary/aromatic N) is 1. The second-order valence-electron chi connectivity index (χ2n) is 4.70. The summed E-state index contributed by atoms with van der Waals surface area (Å²) in [4.78, 5) is 0. The lowest BCUT2D eigenvalue weighted by atomic mass is 10.2. The van der Waals surface area contributed by atoms with Crippen molar-refractivity contribution in [3.05, 3.63) is 35.7 Å². The van der Waals surface area contributed by atoms with Gasteiger partial charge in [-0.25, -0.2) is 5.84 Å². The van der Waals surface area contributed by atoms with E-state index >= 15 is 0 Å².